The van der Waals surface area contributed by atoms with E-state index in [4.69, 9.17) is 10.5 Å². The molecule has 1 heterocycles. The van der Waals surface area contributed by atoms with Crippen LogP contribution in [0.3, 0.4) is 0 Å². The summed E-state index contributed by atoms with van der Waals surface area (Å²) in [6, 6.07) is 5.71. The van der Waals surface area contributed by atoms with Gasteiger partial charge >= 0.3 is 0 Å². The smallest absolute Gasteiger partial charge is 0.165 e. The number of aromatic nitrogens is 2. The maximum atomic E-state index is 5.82. The lowest BCUT2D eigenvalue weighted by molar-refractivity contribution is 0.483. The fourth-order valence-electron chi connectivity index (χ4n) is 1.43. The Bertz CT molecular complexity index is 491. The van der Waals surface area contributed by atoms with E-state index in [-0.39, 0.29) is 0 Å². The van der Waals surface area contributed by atoms with Gasteiger partial charge in [-0.15, -0.1) is 0 Å². The molecular weight excluding hydrogens is 202 g/mol. The number of rotatable bonds is 3. The highest BCUT2D eigenvalue weighted by Gasteiger charge is 2.04. The molecule has 0 amide bonds. The predicted octanol–water partition coefficient (Wildman–Crippen LogP) is 2.59. The molecule has 0 aliphatic rings. The molecule has 0 fully saturated rings. The zero-order valence-corrected chi connectivity index (χ0v) is 9.47. The van der Waals surface area contributed by atoms with Crippen LogP contribution in [0.2, 0.25) is 0 Å². The van der Waals surface area contributed by atoms with Crippen LogP contribution >= 0.6 is 0 Å². The first-order chi connectivity index (χ1) is 7.69. The predicted molar refractivity (Wildman–Crippen MR) is 63.6 cm³/mol. The van der Waals surface area contributed by atoms with E-state index < -0.39 is 0 Å². The van der Waals surface area contributed by atoms with Gasteiger partial charge in [0.15, 0.2) is 11.5 Å². The maximum absolute atomic E-state index is 5.82. The molecule has 4 nitrogen and oxygen atoms in total. The van der Waals surface area contributed by atoms with Gasteiger partial charge < -0.3 is 10.5 Å². The van der Waals surface area contributed by atoms with E-state index in [1.54, 1.807) is 10.9 Å². The molecule has 0 radical (unpaired) electrons. The molecule has 0 bridgehead atoms. The van der Waals surface area contributed by atoms with E-state index in [1.165, 1.54) is 0 Å². The summed E-state index contributed by atoms with van der Waals surface area (Å²) < 4.78 is 7.47. The van der Waals surface area contributed by atoms with Crippen molar-refractivity contribution in [2.24, 2.45) is 0 Å². The molecule has 0 unspecified atom stereocenters. The lowest BCUT2D eigenvalue weighted by Crippen LogP contribution is -1.93. The van der Waals surface area contributed by atoms with Crippen molar-refractivity contribution >= 4 is 5.69 Å². The molecule has 84 valence electrons. The SMILES string of the molecule is CCn1cc(Oc2cc(C)ccc2N)cn1. The molecule has 0 atom stereocenters. The lowest BCUT2D eigenvalue weighted by atomic mass is 10.2. The van der Waals surface area contributed by atoms with Crippen LogP contribution in [0.1, 0.15) is 12.5 Å². The monoisotopic (exact) mass is 217 g/mol. The van der Waals surface area contributed by atoms with Crippen molar-refractivity contribution in [1.82, 2.24) is 9.78 Å². The normalized spacial score (nSPS) is 10.4. The third-order valence-corrected chi connectivity index (χ3v) is 2.33. The van der Waals surface area contributed by atoms with Gasteiger partial charge in [0, 0.05) is 6.54 Å². The molecule has 1 aromatic heterocycles. The van der Waals surface area contributed by atoms with Gasteiger partial charge in [0.25, 0.3) is 0 Å². The molecule has 1 aromatic carbocycles. The summed E-state index contributed by atoms with van der Waals surface area (Å²) in [6.07, 6.45) is 3.53. The fourth-order valence-corrected chi connectivity index (χ4v) is 1.43. The average Bonchev–Trinajstić information content (AvgIpc) is 2.71. The van der Waals surface area contributed by atoms with Crippen LogP contribution in [-0.4, -0.2) is 9.78 Å². The Kier molecular flexibility index (Phi) is 2.81. The Morgan fingerprint density at radius 2 is 2.25 bits per heavy atom. The molecule has 0 aliphatic carbocycles. The number of hydrogen-bond acceptors (Lipinski definition) is 3. The highest BCUT2D eigenvalue weighted by molar-refractivity contribution is 5.55. The minimum atomic E-state index is 0.634. The molecule has 2 aromatic rings. The van der Waals surface area contributed by atoms with Gasteiger partial charge in [-0.05, 0) is 31.5 Å². The summed E-state index contributed by atoms with van der Waals surface area (Å²) in [5.41, 5.74) is 7.58. The van der Waals surface area contributed by atoms with Gasteiger partial charge in [-0.3, -0.25) is 4.68 Å². The summed E-state index contributed by atoms with van der Waals surface area (Å²) in [5, 5.41) is 4.13. The number of aryl methyl sites for hydroxylation is 2. The van der Waals surface area contributed by atoms with Crippen LogP contribution in [0, 0.1) is 6.92 Å². The van der Waals surface area contributed by atoms with E-state index >= 15 is 0 Å². The molecule has 0 spiro atoms. The van der Waals surface area contributed by atoms with Crippen LogP contribution in [0.4, 0.5) is 5.69 Å². The van der Waals surface area contributed by atoms with E-state index in [0.29, 0.717) is 17.2 Å². The molecule has 2 rings (SSSR count). The van der Waals surface area contributed by atoms with Gasteiger partial charge in [-0.1, -0.05) is 6.07 Å². The molecular formula is C12H15N3O. The molecule has 16 heavy (non-hydrogen) atoms. The number of nitrogen functional groups attached to an aromatic ring is 1. The first-order valence-corrected chi connectivity index (χ1v) is 5.25. The van der Waals surface area contributed by atoms with Gasteiger partial charge in [0.05, 0.1) is 18.1 Å². The third kappa shape index (κ3) is 2.16. The molecule has 0 saturated carbocycles. The standard InChI is InChI=1S/C12H15N3O/c1-3-15-8-10(7-14-15)16-12-6-9(2)4-5-11(12)13/h4-8H,3,13H2,1-2H3. The molecule has 4 heteroatoms. The van der Waals surface area contributed by atoms with Crippen LogP contribution in [0.25, 0.3) is 0 Å². The Labute approximate surface area is 94.6 Å². The van der Waals surface area contributed by atoms with Gasteiger partial charge in [-0.25, -0.2) is 0 Å². The van der Waals surface area contributed by atoms with Crippen LogP contribution in [0.5, 0.6) is 11.5 Å². The lowest BCUT2D eigenvalue weighted by Gasteiger charge is -2.06. The zero-order chi connectivity index (χ0) is 11.5. The van der Waals surface area contributed by atoms with Crippen molar-refractivity contribution in [1.29, 1.82) is 0 Å². The first-order valence-electron chi connectivity index (χ1n) is 5.25. The van der Waals surface area contributed by atoms with Crippen LogP contribution in [-0.2, 0) is 6.54 Å². The van der Waals surface area contributed by atoms with E-state index in [0.717, 1.165) is 12.1 Å². The maximum Gasteiger partial charge on any atom is 0.165 e. The van der Waals surface area contributed by atoms with E-state index in [1.807, 2.05) is 38.2 Å². The van der Waals surface area contributed by atoms with Crippen molar-refractivity contribution in [2.75, 3.05) is 5.73 Å². The van der Waals surface area contributed by atoms with Crippen LogP contribution in [0.15, 0.2) is 30.6 Å². The highest BCUT2D eigenvalue weighted by atomic mass is 16.5. The number of ether oxygens (including phenoxy) is 1. The number of nitrogens with two attached hydrogens (primary N) is 1. The van der Waals surface area contributed by atoms with Crippen molar-refractivity contribution < 1.29 is 4.74 Å². The fraction of sp³-hybridized carbons (Fsp3) is 0.250. The summed E-state index contributed by atoms with van der Waals surface area (Å²) in [6.45, 7) is 4.85. The second-order valence-electron chi connectivity index (χ2n) is 3.68. The minimum Gasteiger partial charge on any atom is -0.452 e. The topological polar surface area (TPSA) is 53.1 Å². The Morgan fingerprint density at radius 3 is 2.94 bits per heavy atom. The van der Waals surface area contributed by atoms with Crippen LogP contribution < -0.4 is 10.5 Å². The number of hydrogen-bond donors (Lipinski definition) is 1. The van der Waals surface area contributed by atoms with Crippen molar-refractivity contribution in [3.63, 3.8) is 0 Å². The largest absolute Gasteiger partial charge is 0.452 e. The summed E-state index contributed by atoms with van der Waals surface area (Å²) in [7, 11) is 0. The van der Waals surface area contributed by atoms with Gasteiger partial charge in [0.1, 0.15) is 0 Å². The average molecular weight is 217 g/mol. The molecule has 0 saturated heterocycles. The molecule has 2 N–H and O–H groups in total. The van der Waals surface area contributed by atoms with Crippen molar-refractivity contribution in [3.05, 3.63) is 36.2 Å². The van der Waals surface area contributed by atoms with Crippen molar-refractivity contribution in [2.45, 2.75) is 20.4 Å². The Morgan fingerprint density at radius 1 is 1.44 bits per heavy atom. The van der Waals surface area contributed by atoms with E-state index in [9.17, 15) is 0 Å². The third-order valence-electron chi connectivity index (χ3n) is 2.33. The van der Waals surface area contributed by atoms with Gasteiger partial charge in [0.2, 0.25) is 0 Å². The Balaban J connectivity index is 2.22. The van der Waals surface area contributed by atoms with Crippen molar-refractivity contribution in [3.8, 4) is 11.5 Å². The second-order valence-corrected chi connectivity index (χ2v) is 3.68. The zero-order valence-electron chi connectivity index (χ0n) is 9.47. The molecule has 0 aliphatic heterocycles. The Hall–Kier alpha value is -1.97. The number of benzene rings is 1. The first kappa shape index (κ1) is 10.5. The summed E-state index contributed by atoms with van der Waals surface area (Å²) in [5.74, 6) is 1.38. The highest BCUT2D eigenvalue weighted by Crippen LogP contribution is 2.27. The summed E-state index contributed by atoms with van der Waals surface area (Å²) >= 11 is 0. The second kappa shape index (κ2) is 4.26. The van der Waals surface area contributed by atoms with Gasteiger partial charge in [-0.2, -0.15) is 5.10 Å². The minimum absolute atomic E-state index is 0.634. The number of anilines is 1. The quantitative estimate of drug-likeness (QED) is 0.804. The van der Waals surface area contributed by atoms with E-state index in [2.05, 4.69) is 5.10 Å². The number of nitrogens with zero attached hydrogens (tertiary/aromatic N) is 2. The summed E-state index contributed by atoms with van der Waals surface area (Å²) in [4.78, 5) is 0.